The Kier molecular flexibility index (Phi) is 38.2. The van der Waals surface area contributed by atoms with Gasteiger partial charge in [0.25, 0.3) is 5.24 Å². The molecule has 27 heteroatoms. The second-order valence-electron chi connectivity index (χ2n) is 15.9. The number of nitrogens with zero attached hydrogens (tertiary/aromatic N) is 2. The lowest BCUT2D eigenvalue weighted by molar-refractivity contribution is -0.149. The number of halogens is 7. The van der Waals surface area contributed by atoms with Crippen LogP contribution in [0, 0.1) is 19.8 Å². The third kappa shape index (κ3) is 27.9. The van der Waals surface area contributed by atoms with E-state index in [2.05, 4.69) is 101 Å². The number of benzene rings is 5. The van der Waals surface area contributed by atoms with Gasteiger partial charge >= 0.3 is 29.8 Å². The van der Waals surface area contributed by atoms with E-state index in [1.54, 1.807) is 120 Å². The lowest BCUT2D eigenvalue weighted by Crippen LogP contribution is -2.32. The number of esters is 3. The fraction of sp³-hybridized carbons (Fsp3) is 0.211. The van der Waals surface area contributed by atoms with E-state index in [9.17, 15) is 43.2 Å². The van der Waals surface area contributed by atoms with Gasteiger partial charge in [-0.3, -0.25) is 28.8 Å². The van der Waals surface area contributed by atoms with Gasteiger partial charge in [0.15, 0.2) is 29.0 Å². The highest BCUT2D eigenvalue weighted by atomic mass is 79.9. The molecule has 5 aromatic carbocycles. The summed E-state index contributed by atoms with van der Waals surface area (Å²) in [5.74, 6) is -1.91. The molecule has 0 radical (unpaired) electrons. The van der Waals surface area contributed by atoms with Crippen LogP contribution in [0.25, 0.3) is 22.6 Å². The van der Waals surface area contributed by atoms with Gasteiger partial charge in [0.1, 0.15) is 23.3 Å². The maximum Gasteiger partial charge on any atom is 0.344 e. The number of Topliss-reactive ketones (excluding diaryl/α,β-unsaturated/α-hetero) is 3. The topological polar surface area (TPSA) is 320 Å². The number of nitrogens with two attached hydrogens (primary N) is 1. The average molecular weight is 1530 g/mol. The van der Waals surface area contributed by atoms with E-state index >= 15 is 0 Å². The minimum absolute atomic E-state index is 0. The summed E-state index contributed by atoms with van der Waals surface area (Å²) in [4.78, 5) is 99.4. The molecule has 0 amide bonds. The van der Waals surface area contributed by atoms with Crippen molar-refractivity contribution in [1.82, 2.24) is 10.3 Å². The van der Waals surface area contributed by atoms with Gasteiger partial charge < -0.3 is 38.7 Å². The zero-order valence-electron chi connectivity index (χ0n) is 45.7. The van der Waals surface area contributed by atoms with Crippen LogP contribution in [0.15, 0.2) is 153 Å². The van der Waals surface area contributed by atoms with Crippen LogP contribution in [0.2, 0.25) is 0 Å². The number of aromatic carboxylic acids is 2. The lowest BCUT2D eigenvalue weighted by atomic mass is 9.94. The molecule has 0 saturated carbocycles. The van der Waals surface area contributed by atoms with Crippen molar-refractivity contribution in [3.05, 3.63) is 183 Å². The number of carbonyl (C=O) groups is 9. The first-order valence-corrected chi connectivity index (χ1v) is 28.3. The lowest BCUT2D eigenvalue weighted by Gasteiger charge is -2.11. The molecule has 0 saturated heterocycles. The number of carboxylic acid groups (broad SMARTS) is 2. The number of hydrogen-bond donors (Lipinski definition) is 4. The van der Waals surface area contributed by atoms with Crippen LogP contribution in [-0.2, 0) is 33.4 Å². The van der Waals surface area contributed by atoms with Crippen LogP contribution in [0.5, 0.6) is 0 Å². The molecule has 20 nitrogen and oxygen atoms in total. The summed E-state index contributed by atoms with van der Waals surface area (Å²) in [6, 6.07) is 34.5. The van der Waals surface area contributed by atoms with Crippen LogP contribution in [0.3, 0.4) is 0 Å². The molecule has 7 rings (SSSR count). The van der Waals surface area contributed by atoms with Crippen LogP contribution in [0.4, 0.5) is 0 Å². The number of ketones is 3. The minimum Gasteiger partial charge on any atom is -0.478 e. The second-order valence-corrected chi connectivity index (χ2v) is 20.8. The van der Waals surface area contributed by atoms with Crippen molar-refractivity contribution in [2.45, 2.75) is 54.9 Å². The highest BCUT2D eigenvalue weighted by Crippen LogP contribution is 2.29. The molecule has 0 bridgehead atoms. The first-order valence-electron chi connectivity index (χ1n) is 23.9. The molecule has 0 aliphatic heterocycles. The zero-order chi connectivity index (χ0) is 62.9. The van der Waals surface area contributed by atoms with Crippen molar-refractivity contribution >= 4 is 156 Å². The first kappa shape index (κ1) is 77.5. The number of aromatic nitrogens is 2. The molecule has 2 aromatic heterocycles. The van der Waals surface area contributed by atoms with Gasteiger partial charge in [-0.05, 0) is 169 Å². The van der Waals surface area contributed by atoms with Gasteiger partial charge in [-0.1, -0.05) is 102 Å². The van der Waals surface area contributed by atoms with Crippen molar-refractivity contribution in [2.75, 3.05) is 19.8 Å². The Bertz CT molecular complexity index is 3200. The van der Waals surface area contributed by atoms with Crippen molar-refractivity contribution < 1.29 is 81.8 Å². The molecular weight excluding hydrogens is 1470 g/mol. The summed E-state index contributed by atoms with van der Waals surface area (Å²) in [7, 11) is 0. The molecule has 450 valence electrons. The molecule has 0 spiro atoms. The van der Waals surface area contributed by atoms with Crippen LogP contribution < -0.4 is 5.90 Å². The Morgan fingerprint density at radius 2 is 0.869 bits per heavy atom. The molecule has 0 fully saturated rings. The molecule has 0 aliphatic rings. The Morgan fingerprint density at radius 1 is 0.524 bits per heavy atom. The normalized spacial score (nSPS) is 9.94. The van der Waals surface area contributed by atoms with Crippen LogP contribution >= 0.6 is 104 Å². The van der Waals surface area contributed by atoms with E-state index in [4.69, 9.17) is 45.5 Å². The molecule has 5 N–H and O–H groups in total. The van der Waals surface area contributed by atoms with Crippen molar-refractivity contribution in [2.24, 2.45) is 11.8 Å². The van der Waals surface area contributed by atoms with Crippen molar-refractivity contribution in [3.63, 3.8) is 0 Å². The number of carbonyl (C=O) groups excluding carboxylic acids is 7. The second kappa shape index (κ2) is 41.5. The third-order valence-electron chi connectivity index (χ3n) is 9.81. The van der Waals surface area contributed by atoms with Gasteiger partial charge in [0.05, 0.1) is 36.8 Å². The quantitative estimate of drug-likeness (QED) is 0.0185. The summed E-state index contributed by atoms with van der Waals surface area (Å²) >= 11 is 21.6. The minimum atomic E-state index is -1.37. The molecule has 0 aliphatic carbocycles. The van der Waals surface area contributed by atoms with Crippen LogP contribution in [-0.4, -0.2) is 98.0 Å². The van der Waals surface area contributed by atoms with E-state index in [0.717, 1.165) is 27.9 Å². The molecular formula is C57H56Br5Cl2N3O17. The summed E-state index contributed by atoms with van der Waals surface area (Å²) in [5.41, 5.74) is 4.04. The Hall–Kier alpha value is -6.55. The van der Waals surface area contributed by atoms with Crippen LogP contribution in [0.1, 0.15) is 104 Å². The summed E-state index contributed by atoms with van der Waals surface area (Å²) < 4.78 is 29.0. The summed E-state index contributed by atoms with van der Waals surface area (Å²) in [6.07, 6.45) is -0.103. The Balaban J connectivity index is 0.000000996. The number of hydrogen-bond acceptors (Lipinski definition) is 18. The first-order chi connectivity index (χ1) is 39.3. The van der Waals surface area contributed by atoms with Gasteiger partial charge in [-0.2, -0.15) is 0 Å². The molecule has 7 aromatic rings. The number of carboxylic acids is 2. The molecule has 1 atom stereocenters. The maximum atomic E-state index is 12.1. The summed E-state index contributed by atoms with van der Waals surface area (Å²) in [6.45, 7) is 11.8. The van der Waals surface area contributed by atoms with E-state index in [0.29, 0.717) is 58.2 Å². The number of aryl methyl sites for hydroxylation is 2. The zero-order valence-corrected chi connectivity index (χ0v) is 55.2. The molecule has 2 heterocycles. The molecule has 1 unspecified atom stereocenters. The van der Waals surface area contributed by atoms with Crippen molar-refractivity contribution in [1.29, 1.82) is 0 Å². The smallest absolute Gasteiger partial charge is 0.344 e. The highest BCUT2D eigenvalue weighted by Gasteiger charge is 2.33. The molecule has 84 heavy (non-hydrogen) atoms. The monoisotopic (exact) mass is 1520 g/mol. The standard InChI is InChI=1S/C13H12BrNO3.C13H13BrO4.C11H8BrNO3.C7H4BrClO.C7H5BrO2.C6H10O3.ClH.H3NO/c1-3-17-13(16)11-8(2)15-18-12(11)9-4-6-10(14)7-5-9;1-3-18-13(17)11(8(2)15)12(16)9-4-6-10(14)7-5-9;1-6-9(11(14)15)10(16-13-6)7-2-4-8(12)5-3-7;2*8-6-3-1-5(2-4-6)7(9)10;1-3-9-6(8)4-5(2)7;;1-2/h4-7H,3H2,1-2H3;4-7,11H,3H2,1-2H3;2-5H,1H3,(H,14,15);1-4H;1-4H,(H,9,10);3-4H2,1-2H3;1H;2H,1H2. The predicted octanol–water partition coefficient (Wildman–Crippen LogP) is 14.4. The Labute approximate surface area is 536 Å². The van der Waals surface area contributed by atoms with Gasteiger partial charge in [-0.25, -0.2) is 20.3 Å². The van der Waals surface area contributed by atoms with E-state index in [1.165, 1.54) is 13.8 Å². The van der Waals surface area contributed by atoms with Crippen molar-refractivity contribution in [3.8, 4) is 22.6 Å². The number of ether oxygens (including phenoxy) is 3. The third-order valence-corrected chi connectivity index (χ3v) is 12.7. The van der Waals surface area contributed by atoms with E-state index in [1.807, 2.05) is 36.4 Å². The fourth-order valence-electron chi connectivity index (χ4n) is 6.08. The fourth-order valence-corrected chi connectivity index (χ4v) is 7.53. The van der Waals surface area contributed by atoms with Gasteiger partial charge in [0.2, 0.25) is 0 Å². The SMILES string of the molecule is CCOC(=O)C(C(C)=O)C(=O)c1ccc(Br)cc1.CCOC(=O)CC(C)=O.CCOC(=O)c1c(C)noc1-c1ccc(Br)cc1.Cc1noc(-c2ccc(Br)cc2)c1C(=O)O.Cl.NO.O=C(Cl)c1ccc(Br)cc1.O=C(O)c1ccc(Br)cc1. The van der Waals surface area contributed by atoms with Gasteiger partial charge in [0, 0.05) is 44.6 Å². The van der Waals surface area contributed by atoms with Gasteiger partial charge in [-0.15, -0.1) is 12.4 Å². The summed E-state index contributed by atoms with van der Waals surface area (Å²) in [5, 5.41) is 31.1. The predicted molar refractivity (Wildman–Crippen MR) is 332 cm³/mol. The average Bonchev–Trinajstić information content (AvgIpc) is 4.04. The number of rotatable bonds is 15. The Morgan fingerprint density at radius 3 is 1.20 bits per heavy atom. The van der Waals surface area contributed by atoms with E-state index < -0.39 is 52.6 Å². The largest absolute Gasteiger partial charge is 0.478 e. The van der Waals surface area contributed by atoms with E-state index in [-0.39, 0.29) is 42.5 Å². The maximum absolute atomic E-state index is 12.1. The highest BCUT2D eigenvalue weighted by molar-refractivity contribution is 9.11.